The van der Waals surface area contributed by atoms with Crippen molar-refractivity contribution in [3.05, 3.63) is 86.5 Å². The van der Waals surface area contributed by atoms with Crippen molar-refractivity contribution >= 4 is 23.6 Å². The van der Waals surface area contributed by atoms with Gasteiger partial charge >= 0.3 is 6.18 Å². The number of hydrogen-bond acceptors (Lipinski definition) is 4. The highest BCUT2D eigenvalue weighted by Crippen LogP contribution is 2.30. The fourth-order valence-electron chi connectivity index (χ4n) is 3.11. The summed E-state index contributed by atoms with van der Waals surface area (Å²) in [5.74, 6) is -0.227. The third-order valence-electron chi connectivity index (χ3n) is 4.46. The second kappa shape index (κ2) is 8.00. The summed E-state index contributed by atoms with van der Waals surface area (Å²) in [6, 6.07) is 10.6. The van der Waals surface area contributed by atoms with E-state index in [0.29, 0.717) is 35.4 Å². The van der Waals surface area contributed by atoms with Gasteiger partial charge in [0.15, 0.2) is 5.78 Å². The van der Waals surface area contributed by atoms with Crippen LogP contribution in [0.3, 0.4) is 0 Å². The monoisotopic (exact) mass is 402 g/mol. The van der Waals surface area contributed by atoms with Crippen molar-refractivity contribution in [3.8, 4) is 0 Å². The molecular formula is C21H17F3N2O3. The van der Waals surface area contributed by atoms with E-state index < -0.39 is 16.7 Å². The maximum Gasteiger partial charge on any atom is 0.416 e. The van der Waals surface area contributed by atoms with Crippen LogP contribution < -0.4 is 0 Å². The Labute approximate surface area is 164 Å². The first-order valence-corrected chi connectivity index (χ1v) is 8.69. The molecular weight excluding hydrogens is 385 g/mol. The molecule has 0 spiro atoms. The van der Waals surface area contributed by atoms with Crippen LogP contribution in [0.1, 0.15) is 16.7 Å². The molecule has 150 valence electrons. The number of nitro groups is 1. The average Bonchev–Trinajstić information content (AvgIpc) is 2.65. The van der Waals surface area contributed by atoms with Gasteiger partial charge in [-0.25, -0.2) is 0 Å². The van der Waals surface area contributed by atoms with Gasteiger partial charge in [0.25, 0.3) is 5.69 Å². The van der Waals surface area contributed by atoms with Crippen LogP contribution in [0.5, 0.6) is 0 Å². The van der Waals surface area contributed by atoms with Gasteiger partial charge in [0, 0.05) is 36.4 Å². The molecule has 0 aliphatic carbocycles. The Morgan fingerprint density at radius 3 is 2.14 bits per heavy atom. The molecule has 0 saturated carbocycles. The summed E-state index contributed by atoms with van der Waals surface area (Å²) in [6.45, 7) is 0.720. The first-order valence-electron chi connectivity index (χ1n) is 8.69. The Bertz CT molecular complexity index is 1010. The number of rotatable bonds is 3. The Morgan fingerprint density at radius 2 is 1.59 bits per heavy atom. The minimum Gasteiger partial charge on any atom is -0.298 e. The van der Waals surface area contributed by atoms with E-state index in [-0.39, 0.29) is 11.5 Å². The molecule has 2 aromatic rings. The van der Waals surface area contributed by atoms with Crippen molar-refractivity contribution in [2.75, 3.05) is 20.1 Å². The topological polar surface area (TPSA) is 63.5 Å². The Morgan fingerprint density at radius 1 is 1.00 bits per heavy atom. The Kier molecular flexibility index (Phi) is 5.65. The van der Waals surface area contributed by atoms with Crippen LogP contribution in [0.4, 0.5) is 18.9 Å². The molecule has 0 amide bonds. The summed E-state index contributed by atoms with van der Waals surface area (Å²) < 4.78 is 38.1. The van der Waals surface area contributed by atoms with Crippen LogP contribution in [0.2, 0.25) is 0 Å². The molecule has 0 radical (unpaired) electrons. The molecule has 0 bridgehead atoms. The third-order valence-corrected chi connectivity index (χ3v) is 4.46. The fourth-order valence-corrected chi connectivity index (χ4v) is 3.11. The van der Waals surface area contributed by atoms with Crippen molar-refractivity contribution in [1.82, 2.24) is 4.90 Å². The van der Waals surface area contributed by atoms with Crippen molar-refractivity contribution in [1.29, 1.82) is 0 Å². The zero-order valence-corrected chi connectivity index (χ0v) is 15.4. The van der Waals surface area contributed by atoms with Crippen LogP contribution in [0.15, 0.2) is 59.7 Å². The number of ketones is 1. The average molecular weight is 402 g/mol. The van der Waals surface area contributed by atoms with Gasteiger partial charge in [-0.1, -0.05) is 24.3 Å². The first kappa shape index (κ1) is 20.5. The standard InChI is InChI=1S/C21H17F3N2O3/c1-25-12-16(9-14-5-7-18(8-6-14)21(22,23)24)20(27)17(13-25)10-15-3-2-4-19(11-15)26(28)29/h2-11H,12-13H2,1H3/b16-9+,17-10+. The molecule has 5 nitrogen and oxygen atoms in total. The summed E-state index contributed by atoms with van der Waals surface area (Å²) in [4.78, 5) is 25.2. The molecule has 8 heteroatoms. The smallest absolute Gasteiger partial charge is 0.298 e. The van der Waals surface area contributed by atoms with E-state index >= 15 is 0 Å². The molecule has 2 aromatic carbocycles. The fraction of sp³-hybridized carbons (Fsp3) is 0.190. The van der Waals surface area contributed by atoms with Gasteiger partial charge in [0.1, 0.15) is 0 Å². The van der Waals surface area contributed by atoms with Gasteiger partial charge in [-0.2, -0.15) is 13.2 Å². The maximum absolute atomic E-state index is 12.8. The summed E-state index contributed by atoms with van der Waals surface area (Å²) in [5.41, 5.74) is 1.10. The zero-order valence-electron chi connectivity index (χ0n) is 15.4. The number of alkyl halides is 3. The second-order valence-corrected chi connectivity index (χ2v) is 6.81. The van der Waals surface area contributed by atoms with E-state index in [1.165, 1.54) is 24.3 Å². The molecule has 1 aliphatic rings. The largest absolute Gasteiger partial charge is 0.416 e. The lowest BCUT2D eigenvalue weighted by molar-refractivity contribution is -0.384. The van der Waals surface area contributed by atoms with Crippen molar-refractivity contribution in [3.63, 3.8) is 0 Å². The SMILES string of the molecule is CN1C/C(=C\c2ccc(C(F)(F)F)cc2)C(=O)/C(=C/c2cccc([N+](=O)[O-])c2)C1. The van der Waals surface area contributed by atoms with E-state index in [1.54, 1.807) is 24.3 Å². The van der Waals surface area contributed by atoms with Crippen LogP contribution in [-0.4, -0.2) is 35.7 Å². The number of hydrogen-bond donors (Lipinski definition) is 0. The molecule has 0 aromatic heterocycles. The van der Waals surface area contributed by atoms with Gasteiger partial charge < -0.3 is 0 Å². The number of piperidine rings is 1. The minimum atomic E-state index is -4.42. The van der Waals surface area contributed by atoms with Gasteiger partial charge in [-0.3, -0.25) is 19.8 Å². The number of benzene rings is 2. The van der Waals surface area contributed by atoms with Crippen LogP contribution >= 0.6 is 0 Å². The predicted octanol–water partition coefficient (Wildman–Crippen LogP) is 4.60. The van der Waals surface area contributed by atoms with Crippen LogP contribution in [-0.2, 0) is 11.0 Å². The number of likely N-dealkylation sites (N-methyl/N-ethyl adjacent to an activating group) is 1. The maximum atomic E-state index is 12.8. The van der Waals surface area contributed by atoms with Crippen molar-refractivity contribution in [2.24, 2.45) is 0 Å². The van der Waals surface area contributed by atoms with E-state index in [4.69, 9.17) is 0 Å². The number of carbonyl (C=O) groups excluding carboxylic acids is 1. The molecule has 29 heavy (non-hydrogen) atoms. The number of likely N-dealkylation sites (tertiary alicyclic amines) is 1. The number of non-ortho nitro benzene ring substituents is 1. The van der Waals surface area contributed by atoms with Crippen LogP contribution in [0.25, 0.3) is 12.2 Å². The van der Waals surface area contributed by atoms with E-state index in [1.807, 2.05) is 11.9 Å². The number of Topliss-reactive ketones (excluding diaryl/α,β-unsaturated/α-hetero) is 1. The lowest BCUT2D eigenvalue weighted by atomic mass is 9.94. The Hall–Kier alpha value is -3.26. The Balaban J connectivity index is 1.90. The molecule has 1 saturated heterocycles. The van der Waals surface area contributed by atoms with Crippen molar-refractivity contribution in [2.45, 2.75) is 6.18 Å². The highest BCUT2D eigenvalue weighted by Gasteiger charge is 2.30. The third kappa shape index (κ3) is 4.97. The molecule has 1 heterocycles. The lowest BCUT2D eigenvalue weighted by Gasteiger charge is -2.26. The van der Waals surface area contributed by atoms with E-state index in [2.05, 4.69) is 0 Å². The lowest BCUT2D eigenvalue weighted by Crippen LogP contribution is -2.34. The molecule has 0 N–H and O–H groups in total. The predicted molar refractivity (Wildman–Crippen MR) is 103 cm³/mol. The van der Waals surface area contributed by atoms with Crippen molar-refractivity contribution < 1.29 is 22.9 Å². The molecule has 1 aliphatic heterocycles. The molecule has 3 rings (SSSR count). The van der Waals surface area contributed by atoms with Crippen LogP contribution in [0, 0.1) is 10.1 Å². The summed E-state index contributed by atoms with van der Waals surface area (Å²) >= 11 is 0. The summed E-state index contributed by atoms with van der Waals surface area (Å²) in [5, 5.41) is 10.9. The quantitative estimate of drug-likeness (QED) is 0.428. The van der Waals surface area contributed by atoms with Gasteiger partial charge in [-0.05, 0) is 42.5 Å². The van der Waals surface area contributed by atoms with Gasteiger partial charge in [0.05, 0.1) is 10.5 Å². The number of carbonyl (C=O) groups is 1. The summed E-state index contributed by atoms with van der Waals surface area (Å²) in [6.07, 6.45) is -1.24. The van der Waals surface area contributed by atoms with Gasteiger partial charge in [-0.15, -0.1) is 0 Å². The molecule has 0 atom stereocenters. The molecule has 1 fully saturated rings. The summed E-state index contributed by atoms with van der Waals surface area (Å²) in [7, 11) is 1.81. The normalized spacial score (nSPS) is 18.4. The minimum absolute atomic E-state index is 0.0727. The van der Waals surface area contributed by atoms with Gasteiger partial charge in [0.2, 0.25) is 0 Å². The highest BCUT2D eigenvalue weighted by atomic mass is 19.4. The number of nitro benzene ring substituents is 1. The number of nitrogens with zero attached hydrogens (tertiary/aromatic N) is 2. The first-order chi connectivity index (χ1) is 13.6. The highest BCUT2D eigenvalue weighted by molar-refractivity contribution is 6.14. The van der Waals surface area contributed by atoms with E-state index in [9.17, 15) is 28.1 Å². The molecule has 0 unspecified atom stereocenters. The second-order valence-electron chi connectivity index (χ2n) is 6.81. The zero-order chi connectivity index (χ0) is 21.2. The van der Waals surface area contributed by atoms with E-state index in [0.717, 1.165) is 12.1 Å². The number of halogens is 3.